The first kappa shape index (κ1) is 15.2. The Hall–Kier alpha value is -1.31. The van der Waals surface area contributed by atoms with Gasteiger partial charge >= 0.3 is 18.1 Å². The van der Waals surface area contributed by atoms with Crippen LogP contribution in [0.4, 0.5) is 13.2 Å². The Balaban J connectivity index is 0. The minimum Gasteiger partial charge on any atom is -0.469 e. The number of methoxy groups -OCH3 is 1. The third-order valence-electron chi connectivity index (χ3n) is 0.823. The van der Waals surface area contributed by atoms with Gasteiger partial charge in [-0.25, -0.2) is 0 Å². The topological polar surface area (TPSA) is 89.6 Å². The van der Waals surface area contributed by atoms with Gasteiger partial charge in [0.1, 0.15) is 0 Å². The van der Waals surface area contributed by atoms with Gasteiger partial charge in [0.05, 0.1) is 20.1 Å². The number of primary amides is 1. The van der Waals surface area contributed by atoms with Crippen molar-refractivity contribution in [2.75, 3.05) is 13.7 Å². The number of nitrogens with two attached hydrogens (primary N) is 1. The van der Waals surface area contributed by atoms with Crippen LogP contribution < -0.4 is 5.73 Å². The number of carbonyl (C=O) groups excluding carboxylic acids is 2. The Kier molecular flexibility index (Phi) is 7.73. The lowest BCUT2D eigenvalue weighted by Crippen LogP contribution is -2.30. The third kappa shape index (κ3) is 10.7. The molecular weight excluding hydrogens is 207 g/mol. The molecule has 0 heterocycles. The number of halogens is 3. The van der Waals surface area contributed by atoms with E-state index >= 15 is 0 Å². The number of esters is 1. The summed E-state index contributed by atoms with van der Waals surface area (Å²) in [5.74, 6) is -2.63. The SMILES string of the molecule is COC(=O)CCO.NC(=O)C(F)(F)F. The molecule has 0 aliphatic heterocycles. The van der Waals surface area contributed by atoms with Crippen LogP contribution in [0.1, 0.15) is 6.42 Å². The lowest BCUT2D eigenvalue weighted by atomic mass is 10.5. The summed E-state index contributed by atoms with van der Waals surface area (Å²) in [5.41, 5.74) is 3.81. The van der Waals surface area contributed by atoms with Crippen LogP contribution in [0.2, 0.25) is 0 Å². The second-order valence-corrected chi connectivity index (χ2v) is 1.91. The average molecular weight is 217 g/mol. The number of aliphatic hydroxyl groups is 1. The number of hydrogen-bond acceptors (Lipinski definition) is 4. The highest BCUT2D eigenvalue weighted by molar-refractivity contribution is 5.79. The first-order valence-electron chi connectivity index (χ1n) is 3.30. The first-order chi connectivity index (χ1) is 6.25. The number of amides is 1. The predicted molar refractivity (Wildman–Crippen MR) is 39.0 cm³/mol. The maximum Gasteiger partial charge on any atom is 0.470 e. The van der Waals surface area contributed by atoms with Crippen molar-refractivity contribution in [1.29, 1.82) is 0 Å². The van der Waals surface area contributed by atoms with Crippen LogP contribution in [0.5, 0.6) is 0 Å². The maximum absolute atomic E-state index is 10.7. The lowest BCUT2D eigenvalue weighted by Gasteiger charge is -1.95. The number of hydrogen-bond donors (Lipinski definition) is 2. The Bertz CT molecular complexity index is 192. The summed E-state index contributed by atoms with van der Waals surface area (Å²) in [6, 6.07) is 0. The van der Waals surface area contributed by atoms with Crippen LogP contribution in [0.25, 0.3) is 0 Å². The molecule has 5 nitrogen and oxygen atoms in total. The standard InChI is InChI=1S/C4H8O3.C2H2F3NO/c1-7-4(6)2-3-5;3-2(4,5)1(6)7/h5H,2-3H2,1H3;(H2,6,7). The average Bonchev–Trinajstić information content (AvgIpc) is 2.04. The Morgan fingerprint density at radius 2 is 1.79 bits per heavy atom. The summed E-state index contributed by atoms with van der Waals surface area (Å²) < 4.78 is 36.3. The molecule has 0 fully saturated rings. The number of alkyl halides is 3. The summed E-state index contributed by atoms with van der Waals surface area (Å²) in [6.45, 7) is -0.132. The van der Waals surface area contributed by atoms with Crippen LogP contribution >= 0.6 is 0 Å². The molecule has 0 aromatic heterocycles. The second-order valence-electron chi connectivity index (χ2n) is 1.91. The summed E-state index contributed by atoms with van der Waals surface area (Å²) in [5, 5.41) is 8.07. The smallest absolute Gasteiger partial charge is 0.469 e. The van der Waals surface area contributed by atoms with E-state index < -0.39 is 12.1 Å². The van der Waals surface area contributed by atoms with E-state index in [0.29, 0.717) is 0 Å². The van der Waals surface area contributed by atoms with Crippen molar-refractivity contribution in [3.05, 3.63) is 0 Å². The van der Waals surface area contributed by atoms with Gasteiger partial charge < -0.3 is 15.6 Å². The molecule has 3 N–H and O–H groups in total. The fraction of sp³-hybridized carbons (Fsp3) is 0.667. The molecule has 0 bridgehead atoms. The molecule has 0 aliphatic rings. The quantitative estimate of drug-likeness (QED) is 0.614. The van der Waals surface area contributed by atoms with E-state index in [1.54, 1.807) is 0 Å². The van der Waals surface area contributed by atoms with Gasteiger partial charge in [-0.2, -0.15) is 13.2 Å². The first-order valence-corrected chi connectivity index (χ1v) is 3.30. The van der Waals surface area contributed by atoms with Crippen molar-refractivity contribution in [1.82, 2.24) is 0 Å². The fourth-order valence-corrected chi connectivity index (χ4v) is 0.193. The fourth-order valence-electron chi connectivity index (χ4n) is 0.193. The molecule has 0 radical (unpaired) electrons. The molecule has 1 amide bonds. The molecule has 14 heavy (non-hydrogen) atoms. The molecule has 0 saturated carbocycles. The zero-order valence-electron chi connectivity index (χ0n) is 7.30. The molecule has 0 atom stereocenters. The summed E-state index contributed by atoms with van der Waals surface area (Å²) >= 11 is 0. The lowest BCUT2D eigenvalue weighted by molar-refractivity contribution is -0.169. The molecule has 0 unspecified atom stereocenters. The number of ether oxygens (including phenoxy) is 1. The monoisotopic (exact) mass is 217 g/mol. The molecule has 0 saturated heterocycles. The van der Waals surface area contributed by atoms with Crippen LogP contribution in [-0.4, -0.2) is 36.9 Å². The Morgan fingerprint density at radius 3 is 1.86 bits per heavy atom. The predicted octanol–water partition coefficient (Wildman–Crippen LogP) is -0.424. The van der Waals surface area contributed by atoms with E-state index in [-0.39, 0.29) is 19.0 Å². The summed E-state index contributed by atoms with van der Waals surface area (Å²) in [6.07, 6.45) is -4.77. The van der Waals surface area contributed by atoms with E-state index in [4.69, 9.17) is 9.90 Å². The molecule has 84 valence electrons. The van der Waals surface area contributed by atoms with Gasteiger partial charge in [-0.1, -0.05) is 0 Å². The van der Waals surface area contributed by atoms with Gasteiger partial charge in [0.15, 0.2) is 0 Å². The van der Waals surface area contributed by atoms with Crippen LogP contribution in [0.3, 0.4) is 0 Å². The number of carbonyl (C=O) groups is 2. The maximum atomic E-state index is 10.7. The van der Waals surface area contributed by atoms with Gasteiger partial charge in [-0.15, -0.1) is 0 Å². The molecule has 8 heteroatoms. The van der Waals surface area contributed by atoms with Crippen molar-refractivity contribution in [3.8, 4) is 0 Å². The van der Waals surface area contributed by atoms with Gasteiger partial charge in [-0.05, 0) is 0 Å². The number of rotatable bonds is 2. The highest BCUT2D eigenvalue weighted by Gasteiger charge is 2.35. The summed E-state index contributed by atoms with van der Waals surface area (Å²) in [4.78, 5) is 19.1. The zero-order valence-corrected chi connectivity index (χ0v) is 7.30. The van der Waals surface area contributed by atoms with Crippen molar-refractivity contribution in [2.45, 2.75) is 12.6 Å². The van der Waals surface area contributed by atoms with E-state index in [0.717, 1.165) is 0 Å². The van der Waals surface area contributed by atoms with Crippen LogP contribution in [0, 0.1) is 0 Å². The molecule has 0 rings (SSSR count). The largest absolute Gasteiger partial charge is 0.470 e. The van der Waals surface area contributed by atoms with Gasteiger partial charge in [0.25, 0.3) is 0 Å². The molecular formula is C6H10F3NO4. The van der Waals surface area contributed by atoms with E-state index in [1.165, 1.54) is 7.11 Å². The van der Waals surface area contributed by atoms with Gasteiger partial charge in [0.2, 0.25) is 0 Å². The summed E-state index contributed by atoms with van der Waals surface area (Å²) in [7, 11) is 1.29. The van der Waals surface area contributed by atoms with Gasteiger partial charge in [0, 0.05) is 0 Å². The van der Waals surface area contributed by atoms with Crippen molar-refractivity contribution in [3.63, 3.8) is 0 Å². The molecule has 0 spiro atoms. The van der Waals surface area contributed by atoms with Crippen LogP contribution in [-0.2, 0) is 14.3 Å². The highest BCUT2D eigenvalue weighted by atomic mass is 19.4. The van der Waals surface area contributed by atoms with Crippen LogP contribution in [0.15, 0.2) is 0 Å². The van der Waals surface area contributed by atoms with Crippen molar-refractivity contribution < 1.29 is 32.6 Å². The minimum absolute atomic E-state index is 0.0938. The second kappa shape index (κ2) is 7.13. The van der Waals surface area contributed by atoms with E-state index in [1.807, 2.05) is 0 Å². The zero-order chi connectivity index (χ0) is 11.8. The molecule has 0 aliphatic carbocycles. The minimum atomic E-state index is -4.86. The van der Waals surface area contributed by atoms with Crippen molar-refractivity contribution >= 4 is 11.9 Å². The van der Waals surface area contributed by atoms with E-state index in [2.05, 4.69) is 10.5 Å². The van der Waals surface area contributed by atoms with Crippen molar-refractivity contribution in [2.24, 2.45) is 5.73 Å². The Morgan fingerprint density at radius 1 is 1.43 bits per heavy atom. The van der Waals surface area contributed by atoms with Gasteiger partial charge in [-0.3, -0.25) is 9.59 Å². The Labute approximate surface area is 77.6 Å². The third-order valence-corrected chi connectivity index (χ3v) is 0.823. The van der Waals surface area contributed by atoms with E-state index in [9.17, 15) is 18.0 Å². The molecule has 0 aromatic carbocycles. The normalized spacial score (nSPS) is 9.79. The number of aliphatic hydroxyl groups excluding tert-OH is 1. The molecule has 0 aromatic rings. The highest BCUT2D eigenvalue weighted by Crippen LogP contribution is 2.11.